The number of amides is 4. The van der Waals surface area contributed by atoms with Crippen LogP contribution in [0.1, 0.15) is 18.5 Å². The summed E-state index contributed by atoms with van der Waals surface area (Å²) in [6.45, 7) is 2.54. The number of piperazine rings is 1. The average molecular weight is 333 g/mol. The van der Waals surface area contributed by atoms with E-state index in [1.807, 2.05) is 0 Å². The monoisotopic (exact) mass is 333 g/mol. The average Bonchev–Trinajstić information content (AvgIpc) is 2.61. The molecule has 0 aromatic heterocycles. The summed E-state index contributed by atoms with van der Waals surface area (Å²) in [7, 11) is 1.52. The third-order valence-corrected chi connectivity index (χ3v) is 3.83. The summed E-state index contributed by atoms with van der Waals surface area (Å²) in [5, 5.41) is 2.46. The zero-order valence-electron chi connectivity index (χ0n) is 13.5. The Kier molecular flexibility index (Phi) is 5.51. The summed E-state index contributed by atoms with van der Waals surface area (Å²) < 4.78 is 5.03. The number of hydrogen-bond donors (Lipinski definition) is 1. The summed E-state index contributed by atoms with van der Waals surface area (Å²) in [6, 6.07) is 4.91. The number of nitrogens with zero attached hydrogens (tertiary/aromatic N) is 2. The molecule has 1 aliphatic heterocycles. The van der Waals surface area contributed by atoms with Crippen molar-refractivity contribution in [3.05, 3.63) is 29.8 Å². The number of imide groups is 1. The number of ether oxygens (including phenoxy) is 1. The van der Waals surface area contributed by atoms with Crippen molar-refractivity contribution in [1.29, 1.82) is 0 Å². The molecule has 24 heavy (non-hydrogen) atoms. The van der Waals surface area contributed by atoms with Crippen LogP contribution in [0.4, 0.5) is 4.79 Å². The zero-order chi connectivity index (χ0) is 17.7. The van der Waals surface area contributed by atoms with E-state index in [1.165, 1.54) is 12.0 Å². The number of urea groups is 1. The Balaban J connectivity index is 2.07. The van der Waals surface area contributed by atoms with Crippen LogP contribution < -0.4 is 10.1 Å². The van der Waals surface area contributed by atoms with Gasteiger partial charge >= 0.3 is 17.8 Å². The van der Waals surface area contributed by atoms with Gasteiger partial charge in [-0.3, -0.25) is 14.5 Å². The molecule has 1 aromatic rings. The molecule has 1 aromatic carbocycles. The highest BCUT2D eigenvalue weighted by Crippen LogP contribution is 2.17. The van der Waals surface area contributed by atoms with E-state index >= 15 is 0 Å². The van der Waals surface area contributed by atoms with E-state index in [4.69, 9.17) is 4.74 Å². The van der Waals surface area contributed by atoms with Gasteiger partial charge in [0.2, 0.25) is 0 Å². The highest BCUT2D eigenvalue weighted by molar-refractivity contribution is 6.38. The molecule has 0 aliphatic carbocycles. The van der Waals surface area contributed by atoms with E-state index in [1.54, 1.807) is 31.2 Å². The number of carbonyl (C=O) groups excluding carboxylic acids is 4. The smallest absolute Gasteiger partial charge is 0.325 e. The molecule has 1 N–H and O–H groups in total. The minimum Gasteiger partial charge on any atom is -0.497 e. The quantitative estimate of drug-likeness (QED) is 0.619. The number of benzene rings is 1. The highest BCUT2D eigenvalue weighted by atomic mass is 16.5. The van der Waals surface area contributed by atoms with Crippen LogP contribution in [0.25, 0.3) is 0 Å². The van der Waals surface area contributed by atoms with Crippen LogP contribution in [0.15, 0.2) is 24.3 Å². The molecule has 1 aliphatic rings. The number of aldehydes is 1. The van der Waals surface area contributed by atoms with E-state index in [0.29, 0.717) is 24.1 Å². The molecular weight excluding hydrogens is 314 g/mol. The predicted octanol–water partition coefficient (Wildman–Crippen LogP) is 0.335. The van der Waals surface area contributed by atoms with Crippen molar-refractivity contribution in [2.24, 2.45) is 0 Å². The van der Waals surface area contributed by atoms with Gasteiger partial charge in [-0.1, -0.05) is 12.1 Å². The Morgan fingerprint density at radius 1 is 1.25 bits per heavy atom. The second-order valence-electron chi connectivity index (χ2n) is 5.18. The van der Waals surface area contributed by atoms with Crippen LogP contribution in [0.3, 0.4) is 0 Å². The van der Waals surface area contributed by atoms with Crippen molar-refractivity contribution in [3.63, 3.8) is 0 Å². The molecule has 1 heterocycles. The molecule has 1 atom stereocenters. The molecule has 8 nitrogen and oxygen atoms in total. The minimum atomic E-state index is -0.921. The Morgan fingerprint density at radius 3 is 2.46 bits per heavy atom. The standard InChI is InChI=1S/C16H19N3O5/c1-3-18-8-9-19(15(22)14(18)21)16(23)17-13(10-20)11-4-6-12(24-2)7-5-11/h4-7,10,13H,3,8-9H2,1-2H3,(H,17,23). The van der Waals surface area contributed by atoms with Crippen molar-refractivity contribution in [1.82, 2.24) is 15.1 Å². The molecule has 0 bridgehead atoms. The summed E-state index contributed by atoms with van der Waals surface area (Å²) >= 11 is 0. The molecule has 1 saturated heterocycles. The first-order valence-corrected chi connectivity index (χ1v) is 7.52. The van der Waals surface area contributed by atoms with Crippen molar-refractivity contribution in [3.8, 4) is 5.75 Å². The van der Waals surface area contributed by atoms with Gasteiger partial charge in [0.05, 0.1) is 7.11 Å². The lowest BCUT2D eigenvalue weighted by Gasteiger charge is -2.32. The van der Waals surface area contributed by atoms with E-state index in [9.17, 15) is 19.2 Å². The van der Waals surface area contributed by atoms with Gasteiger partial charge in [-0.2, -0.15) is 0 Å². The Hall–Kier alpha value is -2.90. The molecule has 1 unspecified atom stereocenters. The first kappa shape index (κ1) is 17.5. The van der Waals surface area contributed by atoms with Gasteiger partial charge in [0.15, 0.2) is 0 Å². The minimum absolute atomic E-state index is 0.0957. The summed E-state index contributed by atoms with van der Waals surface area (Å²) in [6.07, 6.45) is 0.564. The fraction of sp³-hybridized carbons (Fsp3) is 0.375. The molecule has 1 fully saturated rings. The predicted molar refractivity (Wildman–Crippen MR) is 84.3 cm³/mol. The maximum absolute atomic E-state index is 12.3. The number of carbonyl (C=O) groups is 4. The van der Waals surface area contributed by atoms with E-state index in [-0.39, 0.29) is 13.1 Å². The first-order valence-electron chi connectivity index (χ1n) is 7.52. The lowest BCUT2D eigenvalue weighted by atomic mass is 10.1. The van der Waals surface area contributed by atoms with Gasteiger partial charge in [0, 0.05) is 19.6 Å². The van der Waals surface area contributed by atoms with Gasteiger partial charge < -0.3 is 19.7 Å². The lowest BCUT2D eigenvalue weighted by molar-refractivity contribution is -0.153. The zero-order valence-corrected chi connectivity index (χ0v) is 13.5. The summed E-state index contributed by atoms with van der Waals surface area (Å²) in [5.41, 5.74) is 0.546. The maximum atomic E-state index is 12.3. The van der Waals surface area contributed by atoms with Gasteiger partial charge in [0.25, 0.3) is 0 Å². The lowest BCUT2D eigenvalue weighted by Crippen LogP contribution is -2.58. The molecule has 2 rings (SSSR count). The first-order chi connectivity index (χ1) is 11.5. The molecule has 4 amide bonds. The van der Waals surface area contributed by atoms with Crippen LogP contribution >= 0.6 is 0 Å². The van der Waals surface area contributed by atoms with Crippen molar-refractivity contribution < 1.29 is 23.9 Å². The second-order valence-corrected chi connectivity index (χ2v) is 5.18. The number of rotatable bonds is 5. The van der Waals surface area contributed by atoms with Crippen molar-refractivity contribution >= 4 is 24.1 Å². The third-order valence-electron chi connectivity index (χ3n) is 3.83. The molecule has 8 heteroatoms. The molecule has 0 spiro atoms. The largest absolute Gasteiger partial charge is 0.497 e. The van der Waals surface area contributed by atoms with Crippen LogP contribution in [0.2, 0.25) is 0 Å². The summed E-state index contributed by atoms with van der Waals surface area (Å²) in [5.74, 6) is -0.989. The van der Waals surface area contributed by atoms with Crippen molar-refractivity contribution in [2.75, 3.05) is 26.7 Å². The van der Waals surface area contributed by atoms with Crippen molar-refractivity contribution in [2.45, 2.75) is 13.0 Å². The van der Waals surface area contributed by atoms with Gasteiger partial charge in [-0.15, -0.1) is 0 Å². The van der Waals surface area contributed by atoms with Crippen LogP contribution in [0, 0.1) is 0 Å². The number of hydrogen-bond acceptors (Lipinski definition) is 5. The Morgan fingerprint density at radius 2 is 1.92 bits per heavy atom. The maximum Gasteiger partial charge on any atom is 0.325 e. The molecular formula is C16H19N3O5. The van der Waals surface area contributed by atoms with Crippen LogP contribution in [0.5, 0.6) is 5.75 Å². The van der Waals surface area contributed by atoms with E-state index in [0.717, 1.165) is 4.90 Å². The highest BCUT2D eigenvalue weighted by Gasteiger charge is 2.36. The number of methoxy groups -OCH3 is 1. The van der Waals surface area contributed by atoms with Gasteiger partial charge in [-0.25, -0.2) is 4.79 Å². The van der Waals surface area contributed by atoms with E-state index < -0.39 is 23.9 Å². The third kappa shape index (κ3) is 3.53. The van der Waals surface area contributed by atoms with Gasteiger partial charge in [0.1, 0.15) is 18.1 Å². The van der Waals surface area contributed by atoms with E-state index in [2.05, 4.69) is 5.32 Å². The second kappa shape index (κ2) is 7.58. The Bertz CT molecular complexity index is 644. The topological polar surface area (TPSA) is 96.0 Å². The van der Waals surface area contributed by atoms with Gasteiger partial charge in [-0.05, 0) is 24.6 Å². The Labute approximate surface area is 139 Å². The summed E-state index contributed by atoms with van der Waals surface area (Å²) in [4.78, 5) is 49.6. The molecule has 0 radical (unpaired) electrons. The van der Waals surface area contributed by atoms with Crippen LogP contribution in [-0.4, -0.2) is 60.7 Å². The SMILES string of the molecule is CCN1CCN(C(=O)NC(C=O)c2ccc(OC)cc2)C(=O)C1=O. The number of likely N-dealkylation sites (N-methyl/N-ethyl adjacent to an activating group) is 1. The van der Waals surface area contributed by atoms with Crippen LogP contribution in [-0.2, 0) is 14.4 Å². The fourth-order valence-electron chi connectivity index (χ4n) is 2.39. The normalized spacial score (nSPS) is 15.9. The molecule has 0 saturated carbocycles. The number of nitrogens with one attached hydrogen (secondary N) is 1. The molecule has 128 valence electrons. The fourth-order valence-corrected chi connectivity index (χ4v) is 2.39.